The maximum Gasteiger partial charge on any atom is 0.166 e. The molecule has 0 aliphatic heterocycles. The van der Waals surface area contributed by atoms with Gasteiger partial charge in [-0.2, -0.15) is 0 Å². The van der Waals surface area contributed by atoms with E-state index in [0.29, 0.717) is 20.6 Å². The first kappa shape index (κ1) is 13.9. The van der Waals surface area contributed by atoms with E-state index in [2.05, 4.69) is 0 Å². The van der Waals surface area contributed by atoms with Crippen LogP contribution in [0.1, 0.15) is 28.3 Å². The van der Waals surface area contributed by atoms with Crippen molar-refractivity contribution in [1.82, 2.24) is 0 Å². The van der Waals surface area contributed by atoms with Gasteiger partial charge in [-0.15, -0.1) is 0 Å². The molecular weight excluding hydrogens is 315 g/mol. The number of hydrogen-bond acceptors (Lipinski definition) is 1. The zero-order chi connectivity index (χ0) is 14.3. The van der Waals surface area contributed by atoms with Crippen molar-refractivity contribution in [2.75, 3.05) is 0 Å². The molecule has 0 N–H and O–H groups in total. The van der Waals surface area contributed by atoms with Crippen molar-refractivity contribution in [2.24, 2.45) is 5.92 Å². The van der Waals surface area contributed by atoms with E-state index in [1.54, 1.807) is 30.3 Å². The molecular formula is C16H11Cl3O. The van der Waals surface area contributed by atoms with Gasteiger partial charge in [0, 0.05) is 26.5 Å². The highest BCUT2D eigenvalue weighted by Gasteiger charge is 2.44. The van der Waals surface area contributed by atoms with Gasteiger partial charge in [-0.05, 0) is 54.3 Å². The van der Waals surface area contributed by atoms with Gasteiger partial charge in [-0.3, -0.25) is 4.79 Å². The molecule has 3 rings (SSSR count). The lowest BCUT2D eigenvalue weighted by Gasteiger charge is -2.04. The molecule has 2 atom stereocenters. The Balaban J connectivity index is 1.78. The molecule has 102 valence electrons. The van der Waals surface area contributed by atoms with Crippen molar-refractivity contribution in [2.45, 2.75) is 12.3 Å². The van der Waals surface area contributed by atoms with Crippen LogP contribution < -0.4 is 0 Å². The Labute approximate surface area is 132 Å². The molecule has 2 aromatic rings. The molecule has 0 bridgehead atoms. The van der Waals surface area contributed by atoms with Gasteiger partial charge in [0.15, 0.2) is 5.78 Å². The second-order valence-electron chi connectivity index (χ2n) is 4.99. The van der Waals surface area contributed by atoms with Crippen LogP contribution in [0.25, 0.3) is 0 Å². The summed E-state index contributed by atoms with van der Waals surface area (Å²) in [4.78, 5) is 12.4. The van der Waals surface area contributed by atoms with E-state index in [-0.39, 0.29) is 17.6 Å². The standard InChI is InChI=1S/C16H11Cl3O/c17-10-3-1-9(2-4-10)16(20)14-8-13(14)12-6-5-11(18)7-15(12)19/h1-7,13-14H,8H2/t13-,14+/m1/s1. The summed E-state index contributed by atoms with van der Waals surface area (Å²) in [5.41, 5.74) is 1.70. The van der Waals surface area contributed by atoms with Gasteiger partial charge in [0.25, 0.3) is 0 Å². The Kier molecular flexibility index (Phi) is 3.76. The van der Waals surface area contributed by atoms with Crippen molar-refractivity contribution in [3.63, 3.8) is 0 Å². The molecule has 4 heteroatoms. The number of ketones is 1. The number of halogens is 3. The van der Waals surface area contributed by atoms with Crippen LogP contribution in [0.4, 0.5) is 0 Å². The van der Waals surface area contributed by atoms with Crippen LogP contribution >= 0.6 is 34.8 Å². The molecule has 0 radical (unpaired) electrons. The molecule has 0 aromatic heterocycles. The van der Waals surface area contributed by atoms with E-state index in [0.717, 1.165) is 12.0 Å². The summed E-state index contributed by atoms with van der Waals surface area (Å²) in [6.07, 6.45) is 0.836. The number of carbonyl (C=O) groups excluding carboxylic acids is 1. The lowest BCUT2D eigenvalue weighted by atomic mass is 10.0. The summed E-state index contributed by atoms with van der Waals surface area (Å²) in [5, 5.41) is 1.88. The molecule has 1 fully saturated rings. The van der Waals surface area contributed by atoms with Crippen molar-refractivity contribution in [1.29, 1.82) is 0 Å². The quantitative estimate of drug-likeness (QED) is 0.668. The third-order valence-corrected chi connectivity index (χ3v) is 4.43. The van der Waals surface area contributed by atoms with E-state index < -0.39 is 0 Å². The average molecular weight is 326 g/mol. The fourth-order valence-electron chi connectivity index (χ4n) is 2.46. The third-order valence-electron chi connectivity index (χ3n) is 3.62. The normalized spacial score (nSPS) is 20.8. The van der Waals surface area contributed by atoms with Gasteiger partial charge in [-0.25, -0.2) is 0 Å². The first-order valence-electron chi connectivity index (χ1n) is 6.31. The molecule has 1 saturated carbocycles. The van der Waals surface area contributed by atoms with Gasteiger partial charge < -0.3 is 0 Å². The fourth-order valence-corrected chi connectivity index (χ4v) is 3.13. The highest BCUT2D eigenvalue weighted by atomic mass is 35.5. The molecule has 20 heavy (non-hydrogen) atoms. The largest absolute Gasteiger partial charge is 0.294 e. The average Bonchev–Trinajstić information content (AvgIpc) is 3.19. The number of hydrogen-bond donors (Lipinski definition) is 0. The first-order valence-corrected chi connectivity index (χ1v) is 7.44. The number of rotatable bonds is 3. The SMILES string of the molecule is O=C(c1ccc(Cl)cc1)[C@H]1C[C@@H]1c1ccc(Cl)cc1Cl. The van der Waals surface area contributed by atoms with Crippen LogP contribution in [0.2, 0.25) is 15.1 Å². The maximum atomic E-state index is 12.4. The fraction of sp³-hybridized carbons (Fsp3) is 0.188. The highest BCUT2D eigenvalue weighted by Crippen LogP contribution is 2.51. The van der Waals surface area contributed by atoms with Gasteiger partial charge in [0.05, 0.1) is 0 Å². The summed E-state index contributed by atoms with van der Waals surface area (Å²) in [6, 6.07) is 12.5. The summed E-state index contributed by atoms with van der Waals surface area (Å²) < 4.78 is 0. The van der Waals surface area contributed by atoms with Crippen molar-refractivity contribution < 1.29 is 4.79 Å². The molecule has 0 amide bonds. The van der Waals surface area contributed by atoms with E-state index >= 15 is 0 Å². The lowest BCUT2D eigenvalue weighted by Crippen LogP contribution is -2.03. The molecule has 0 spiro atoms. The minimum Gasteiger partial charge on any atom is -0.294 e. The van der Waals surface area contributed by atoms with Crippen LogP contribution in [0.5, 0.6) is 0 Å². The zero-order valence-electron chi connectivity index (χ0n) is 10.4. The van der Waals surface area contributed by atoms with E-state index in [9.17, 15) is 4.79 Å². The predicted octanol–water partition coefficient (Wildman–Crippen LogP) is 5.63. The molecule has 1 nitrogen and oxygen atoms in total. The van der Waals surface area contributed by atoms with Crippen molar-refractivity contribution >= 4 is 40.6 Å². The Morgan fingerprint density at radius 3 is 2.25 bits per heavy atom. The monoisotopic (exact) mass is 324 g/mol. The topological polar surface area (TPSA) is 17.1 Å². The lowest BCUT2D eigenvalue weighted by molar-refractivity contribution is 0.0965. The molecule has 0 unspecified atom stereocenters. The van der Waals surface area contributed by atoms with E-state index in [4.69, 9.17) is 34.8 Å². The highest BCUT2D eigenvalue weighted by molar-refractivity contribution is 6.35. The third kappa shape index (κ3) is 2.71. The van der Waals surface area contributed by atoms with Crippen LogP contribution in [0, 0.1) is 5.92 Å². The number of benzene rings is 2. The second-order valence-corrected chi connectivity index (χ2v) is 6.27. The van der Waals surface area contributed by atoms with E-state index in [1.807, 2.05) is 12.1 Å². The van der Waals surface area contributed by atoms with Gasteiger partial charge in [-0.1, -0.05) is 40.9 Å². The van der Waals surface area contributed by atoms with Crippen LogP contribution in [-0.2, 0) is 0 Å². The number of carbonyl (C=O) groups is 1. The van der Waals surface area contributed by atoms with Crippen molar-refractivity contribution in [3.05, 3.63) is 68.7 Å². The summed E-state index contributed by atoms with van der Waals surface area (Å²) in [7, 11) is 0. The summed E-state index contributed by atoms with van der Waals surface area (Å²) >= 11 is 17.9. The van der Waals surface area contributed by atoms with Gasteiger partial charge in [0.2, 0.25) is 0 Å². The van der Waals surface area contributed by atoms with Crippen LogP contribution in [-0.4, -0.2) is 5.78 Å². The summed E-state index contributed by atoms with van der Waals surface area (Å²) in [6.45, 7) is 0. The Morgan fingerprint density at radius 1 is 0.950 bits per heavy atom. The van der Waals surface area contributed by atoms with Crippen LogP contribution in [0.15, 0.2) is 42.5 Å². The maximum absolute atomic E-state index is 12.4. The van der Waals surface area contributed by atoms with Crippen LogP contribution in [0.3, 0.4) is 0 Å². The Hall–Kier alpha value is -1.02. The molecule has 1 aliphatic rings. The molecule has 0 saturated heterocycles. The number of Topliss-reactive ketones (excluding diaryl/α,β-unsaturated/α-hetero) is 1. The van der Waals surface area contributed by atoms with Crippen molar-refractivity contribution in [3.8, 4) is 0 Å². The summed E-state index contributed by atoms with van der Waals surface area (Å²) in [5.74, 6) is 0.357. The molecule has 0 heterocycles. The van der Waals surface area contributed by atoms with Gasteiger partial charge in [0.1, 0.15) is 0 Å². The van der Waals surface area contributed by atoms with E-state index in [1.165, 1.54) is 0 Å². The first-order chi connectivity index (χ1) is 9.56. The Morgan fingerprint density at radius 2 is 1.60 bits per heavy atom. The zero-order valence-corrected chi connectivity index (χ0v) is 12.7. The van der Waals surface area contributed by atoms with Gasteiger partial charge >= 0.3 is 0 Å². The molecule has 1 aliphatic carbocycles. The minimum absolute atomic E-state index is 0.00912. The smallest absolute Gasteiger partial charge is 0.166 e. The predicted molar refractivity (Wildman–Crippen MR) is 83.1 cm³/mol. The Bertz CT molecular complexity index is 664. The minimum atomic E-state index is 0.00912. The second kappa shape index (κ2) is 5.40. The molecule has 2 aromatic carbocycles.